The molecule has 1 N–H and O–H groups in total. The molecule has 154 valence electrons. The minimum absolute atomic E-state index is 0.117. The average molecular weight is 443 g/mol. The van der Waals surface area contributed by atoms with Gasteiger partial charge in [-0.2, -0.15) is 0 Å². The van der Waals surface area contributed by atoms with Gasteiger partial charge in [0.15, 0.2) is 22.2 Å². The molecule has 0 fully saturated rings. The van der Waals surface area contributed by atoms with Crippen molar-refractivity contribution >= 4 is 45.1 Å². The molecule has 0 unspecified atom stereocenters. The summed E-state index contributed by atoms with van der Waals surface area (Å²) in [5.74, 6) is 1.54. The first-order valence-corrected chi connectivity index (χ1v) is 11.3. The van der Waals surface area contributed by atoms with Crippen molar-refractivity contribution in [3.8, 4) is 17.2 Å². The second-order valence-electron chi connectivity index (χ2n) is 6.36. The lowest BCUT2D eigenvalue weighted by Gasteiger charge is -2.02. The number of hydrogen-bond donors (Lipinski definition) is 1. The summed E-state index contributed by atoms with van der Waals surface area (Å²) in [5, 5.41) is 6.13. The van der Waals surface area contributed by atoms with E-state index in [2.05, 4.69) is 10.3 Å². The van der Waals surface area contributed by atoms with Crippen molar-refractivity contribution in [2.45, 2.75) is 18.2 Å². The molecule has 0 saturated carbocycles. The molecule has 0 aliphatic heterocycles. The maximum absolute atomic E-state index is 12.9. The number of carbonyl (C=O) groups is 1. The third-order valence-electron chi connectivity index (χ3n) is 4.22. The number of benzene rings is 2. The van der Waals surface area contributed by atoms with Crippen LogP contribution in [0.2, 0.25) is 0 Å². The van der Waals surface area contributed by atoms with E-state index in [0.29, 0.717) is 46.7 Å². The van der Waals surface area contributed by atoms with Crippen LogP contribution in [0.5, 0.6) is 5.75 Å². The van der Waals surface area contributed by atoms with E-state index in [9.17, 15) is 9.18 Å². The first-order chi connectivity index (χ1) is 14.6. The number of ether oxygens (including phenoxy) is 1. The van der Waals surface area contributed by atoms with Gasteiger partial charge in [0.1, 0.15) is 11.5 Å². The highest BCUT2D eigenvalue weighted by Gasteiger charge is 2.14. The van der Waals surface area contributed by atoms with E-state index in [1.807, 2.05) is 36.6 Å². The number of thiazole rings is 1. The predicted octanol–water partition coefficient (Wildman–Crippen LogP) is 6.22. The lowest BCUT2D eigenvalue weighted by molar-refractivity contribution is -0.115. The molecule has 0 aliphatic carbocycles. The zero-order valence-electron chi connectivity index (χ0n) is 16.2. The van der Waals surface area contributed by atoms with Gasteiger partial charge < -0.3 is 14.5 Å². The van der Waals surface area contributed by atoms with Crippen LogP contribution in [0.25, 0.3) is 22.4 Å². The average Bonchev–Trinajstić information content (AvgIpc) is 3.37. The fourth-order valence-corrected chi connectivity index (χ4v) is 4.42. The van der Waals surface area contributed by atoms with Gasteiger partial charge in [-0.15, -0.1) is 23.1 Å². The van der Waals surface area contributed by atoms with E-state index in [4.69, 9.17) is 9.15 Å². The number of thioether (sulfide) groups is 1. The standard InChI is InChI=1S/C22H19FN2O3S2/c1-2-27-18-5-3-4-14-12-19(28-21(14)18)17-13-30-22(24-17)25-20(26)10-11-29-16-8-6-15(23)7-9-16/h3-9,12-13H,2,10-11H2,1H3,(H,24,25,26). The van der Waals surface area contributed by atoms with Crippen LogP contribution in [0.1, 0.15) is 13.3 Å². The Morgan fingerprint density at radius 3 is 2.90 bits per heavy atom. The Balaban J connectivity index is 1.37. The van der Waals surface area contributed by atoms with Gasteiger partial charge in [0.25, 0.3) is 0 Å². The first kappa shape index (κ1) is 20.4. The number of amides is 1. The Bertz CT molecular complexity index is 1150. The molecule has 0 saturated heterocycles. The van der Waals surface area contributed by atoms with Crippen LogP contribution in [-0.4, -0.2) is 23.3 Å². The second kappa shape index (κ2) is 9.32. The molecule has 2 aromatic carbocycles. The molecule has 5 nitrogen and oxygen atoms in total. The highest BCUT2D eigenvalue weighted by atomic mass is 32.2. The van der Waals surface area contributed by atoms with Gasteiger partial charge in [-0.25, -0.2) is 9.37 Å². The van der Waals surface area contributed by atoms with Gasteiger partial charge in [-0.05, 0) is 43.3 Å². The van der Waals surface area contributed by atoms with Crippen molar-refractivity contribution in [3.05, 3.63) is 59.7 Å². The molecule has 30 heavy (non-hydrogen) atoms. The summed E-state index contributed by atoms with van der Waals surface area (Å²) in [4.78, 5) is 17.6. The Morgan fingerprint density at radius 2 is 2.10 bits per heavy atom. The normalized spacial score (nSPS) is 11.0. The maximum Gasteiger partial charge on any atom is 0.226 e. The summed E-state index contributed by atoms with van der Waals surface area (Å²) >= 11 is 2.85. The highest BCUT2D eigenvalue weighted by molar-refractivity contribution is 7.99. The van der Waals surface area contributed by atoms with Crippen LogP contribution >= 0.6 is 23.1 Å². The van der Waals surface area contributed by atoms with Gasteiger partial charge in [-0.3, -0.25) is 4.79 Å². The quantitative estimate of drug-likeness (QED) is 0.328. The minimum Gasteiger partial charge on any atom is -0.490 e. The van der Waals surface area contributed by atoms with Crippen molar-refractivity contribution in [1.29, 1.82) is 0 Å². The summed E-state index contributed by atoms with van der Waals surface area (Å²) < 4.78 is 24.5. The molecule has 2 aromatic heterocycles. The molecule has 2 heterocycles. The van der Waals surface area contributed by atoms with Crippen molar-refractivity contribution in [2.75, 3.05) is 17.7 Å². The van der Waals surface area contributed by atoms with E-state index in [1.54, 1.807) is 12.1 Å². The summed E-state index contributed by atoms with van der Waals surface area (Å²) in [7, 11) is 0. The molecule has 1 amide bonds. The molecule has 0 bridgehead atoms. The Hall–Kier alpha value is -2.84. The number of anilines is 1. The SMILES string of the molecule is CCOc1cccc2cc(-c3csc(NC(=O)CCSc4ccc(F)cc4)n3)oc12. The minimum atomic E-state index is -0.268. The van der Waals surface area contributed by atoms with Crippen molar-refractivity contribution in [2.24, 2.45) is 0 Å². The number of hydrogen-bond acceptors (Lipinski definition) is 6. The molecular weight excluding hydrogens is 423 g/mol. The lowest BCUT2D eigenvalue weighted by Crippen LogP contribution is -2.11. The predicted molar refractivity (Wildman–Crippen MR) is 119 cm³/mol. The van der Waals surface area contributed by atoms with Crippen LogP contribution in [-0.2, 0) is 4.79 Å². The molecular formula is C22H19FN2O3S2. The molecule has 4 aromatic rings. The van der Waals surface area contributed by atoms with Crippen LogP contribution < -0.4 is 10.1 Å². The fraction of sp³-hybridized carbons (Fsp3) is 0.182. The molecule has 0 radical (unpaired) electrons. The highest BCUT2D eigenvalue weighted by Crippen LogP contribution is 2.34. The summed E-state index contributed by atoms with van der Waals surface area (Å²) in [5.41, 5.74) is 1.35. The van der Waals surface area contributed by atoms with Crippen molar-refractivity contribution in [1.82, 2.24) is 4.98 Å². The number of fused-ring (bicyclic) bond motifs is 1. The van der Waals surface area contributed by atoms with Gasteiger partial charge >= 0.3 is 0 Å². The van der Waals surface area contributed by atoms with E-state index in [1.165, 1.54) is 35.2 Å². The van der Waals surface area contributed by atoms with Gasteiger partial charge in [0, 0.05) is 27.8 Å². The molecule has 0 spiro atoms. The van der Waals surface area contributed by atoms with Crippen LogP contribution in [0.15, 0.2) is 63.2 Å². The van der Waals surface area contributed by atoms with Crippen LogP contribution in [0, 0.1) is 5.82 Å². The molecule has 8 heteroatoms. The van der Waals surface area contributed by atoms with Gasteiger partial charge in [-0.1, -0.05) is 12.1 Å². The van der Waals surface area contributed by atoms with Crippen molar-refractivity contribution in [3.63, 3.8) is 0 Å². The van der Waals surface area contributed by atoms with Gasteiger partial charge in [0.05, 0.1) is 6.61 Å². The number of carbonyl (C=O) groups excluding carboxylic acids is 1. The van der Waals surface area contributed by atoms with Crippen LogP contribution in [0.4, 0.5) is 9.52 Å². The zero-order valence-corrected chi connectivity index (χ0v) is 17.8. The number of furan rings is 1. The second-order valence-corrected chi connectivity index (χ2v) is 8.38. The first-order valence-electron chi connectivity index (χ1n) is 9.42. The molecule has 0 aliphatic rings. The number of nitrogens with zero attached hydrogens (tertiary/aromatic N) is 1. The largest absolute Gasteiger partial charge is 0.490 e. The Labute approximate surface area is 181 Å². The third-order valence-corrected chi connectivity index (χ3v) is 5.99. The summed E-state index contributed by atoms with van der Waals surface area (Å²) in [6.07, 6.45) is 0.333. The topological polar surface area (TPSA) is 64.4 Å². The van der Waals surface area contributed by atoms with Gasteiger partial charge in [0.2, 0.25) is 5.91 Å². The van der Waals surface area contributed by atoms with E-state index in [-0.39, 0.29) is 11.7 Å². The number of rotatable bonds is 8. The third kappa shape index (κ3) is 4.83. The number of halogens is 1. The number of para-hydroxylation sites is 1. The summed E-state index contributed by atoms with van der Waals surface area (Å²) in [6.45, 7) is 2.48. The zero-order chi connectivity index (χ0) is 20.9. The number of aromatic nitrogens is 1. The van der Waals surface area contributed by atoms with Crippen LogP contribution in [0.3, 0.4) is 0 Å². The number of nitrogens with one attached hydrogen (secondary N) is 1. The van der Waals surface area contributed by atoms with Crippen molar-refractivity contribution < 1.29 is 18.3 Å². The monoisotopic (exact) mass is 442 g/mol. The smallest absolute Gasteiger partial charge is 0.226 e. The lowest BCUT2D eigenvalue weighted by atomic mass is 10.2. The Kier molecular flexibility index (Phi) is 6.35. The Morgan fingerprint density at radius 1 is 1.27 bits per heavy atom. The maximum atomic E-state index is 12.9. The van der Waals surface area contributed by atoms with E-state index < -0.39 is 0 Å². The molecule has 4 rings (SSSR count). The fourth-order valence-electron chi connectivity index (χ4n) is 2.85. The molecule has 0 atom stereocenters. The van der Waals surface area contributed by atoms with E-state index >= 15 is 0 Å². The van der Waals surface area contributed by atoms with E-state index in [0.717, 1.165) is 10.3 Å². The summed E-state index contributed by atoms with van der Waals surface area (Å²) in [6, 6.07) is 13.9.